The van der Waals surface area contributed by atoms with Crippen LogP contribution in [0, 0.1) is 0 Å². The van der Waals surface area contributed by atoms with Crippen molar-refractivity contribution < 1.29 is 14.7 Å². The minimum Gasteiger partial charge on any atom is -0.479 e. The van der Waals surface area contributed by atoms with Crippen molar-refractivity contribution in [1.29, 1.82) is 0 Å². The molecule has 0 unspecified atom stereocenters. The molecule has 0 aliphatic carbocycles. The quantitative estimate of drug-likeness (QED) is 0.625. The second kappa shape index (κ2) is 4.23. The molecule has 5 heteroatoms. The number of carboxylic acids is 1. The summed E-state index contributed by atoms with van der Waals surface area (Å²) in [7, 11) is 3.13. The van der Waals surface area contributed by atoms with E-state index in [0.29, 0.717) is 0 Å². The van der Waals surface area contributed by atoms with Gasteiger partial charge in [0.05, 0.1) is 0 Å². The molecule has 0 bridgehead atoms. The molecule has 1 atom stereocenters. The van der Waals surface area contributed by atoms with Crippen molar-refractivity contribution in [3.63, 3.8) is 0 Å². The van der Waals surface area contributed by atoms with Gasteiger partial charge in [0.25, 0.3) is 0 Å². The highest BCUT2D eigenvalue weighted by atomic mass is 16.4. The van der Waals surface area contributed by atoms with Crippen LogP contribution >= 0.6 is 0 Å². The van der Waals surface area contributed by atoms with E-state index in [1.54, 1.807) is 7.05 Å². The van der Waals surface area contributed by atoms with Crippen LogP contribution in [-0.4, -0.2) is 48.1 Å². The van der Waals surface area contributed by atoms with Crippen molar-refractivity contribution in [3.05, 3.63) is 0 Å². The predicted octanol–water partition coefficient (Wildman–Crippen LogP) is -0.473. The number of hydrogen-bond donors (Lipinski definition) is 2. The number of carbonyl (C=O) groups excluding carboxylic acids is 1. The lowest BCUT2D eigenvalue weighted by molar-refractivity contribution is -0.155. The number of aliphatic carboxylic acids is 1. The van der Waals surface area contributed by atoms with E-state index in [4.69, 9.17) is 5.11 Å². The molecule has 1 amide bonds. The van der Waals surface area contributed by atoms with Gasteiger partial charge in [-0.25, -0.2) is 4.79 Å². The molecule has 0 rings (SSSR count). The Morgan fingerprint density at radius 2 is 2.00 bits per heavy atom. The highest BCUT2D eigenvalue weighted by molar-refractivity contribution is 5.85. The monoisotopic (exact) mass is 188 g/mol. The number of carbonyl (C=O) groups is 2. The number of nitrogens with zero attached hydrogens (tertiary/aromatic N) is 1. The standard InChI is InChI=1S/C8H16N2O3/c1-6(11)10(4)8(2,5-9-3)7(12)13/h9H,5H2,1-4H3,(H,12,13)/t8-/m0/s1. The molecule has 0 fully saturated rings. The minimum atomic E-state index is -1.18. The summed E-state index contributed by atoms with van der Waals surface area (Å²) in [5, 5.41) is 11.7. The number of nitrogens with one attached hydrogen (secondary N) is 1. The molecule has 0 aromatic carbocycles. The summed E-state index contributed by atoms with van der Waals surface area (Å²) >= 11 is 0. The predicted molar refractivity (Wildman–Crippen MR) is 48.4 cm³/mol. The Morgan fingerprint density at radius 3 is 2.23 bits per heavy atom. The molecule has 0 aromatic heterocycles. The smallest absolute Gasteiger partial charge is 0.330 e. The second-order valence-electron chi connectivity index (χ2n) is 3.19. The van der Waals surface area contributed by atoms with E-state index in [1.165, 1.54) is 25.8 Å². The van der Waals surface area contributed by atoms with E-state index in [9.17, 15) is 9.59 Å². The lowest BCUT2D eigenvalue weighted by atomic mass is 10.0. The van der Waals surface area contributed by atoms with Gasteiger partial charge in [0.1, 0.15) is 5.54 Å². The van der Waals surface area contributed by atoms with Gasteiger partial charge in [0.15, 0.2) is 0 Å². The maximum absolute atomic E-state index is 11.0. The first-order valence-corrected chi connectivity index (χ1v) is 3.98. The Morgan fingerprint density at radius 1 is 1.54 bits per heavy atom. The molecule has 76 valence electrons. The van der Waals surface area contributed by atoms with E-state index in [2.05, 4.69) is 5.32 Å². The average molecular weight is 188 g/mol. The molecular weight excluding hydrogens is 172 g/mol. The van der Waals surface area contributed by atoms with Gasteiger partial charge in [-0.05, 0) is 14.0 Å². The van der Waals surface area contributed by atoms with Gasteiger partial charge >= 0.3 is 5.97 Å². The first kappa shape index (κ1) is 11.9. The van der Waals surface area contributed by atoms with E-state index < -0.39 is 11.5 Å². The molecule has 0 heterocycles. The lowest BCUT2D eigenvalue weighted by Gasteiger charge is -2.34. The summed E-state index contributed by atoms with van der Waals surface area (Å²) in [4.78, 5) is 23.1. The van der Waals surface area contributed by atoms with Gasteiger partial charge in [-0.3, -0.25) is 4.79 Å². The van der Waals surface area contributed by atoms with E-state index >= 15 is 0 Å². The third-order valence-electron chi connectivity index (χ3n) is 2.19. The van der Waals surface area contributed by atoms with Crippen LogP contribution in [0.2, 0.25) is 0 Å². The van der Waals surface area contributed by atoms with Crippen molar-refractivity contribution in [2.75, 3.05) is 20.6 Å². The van der Waals surface area contributed by atoms with E-state index in [0.717, 1.165) is 0 Å². The second-order valence-corrected chi connectivity index (χ2v) is 3.19. The van der Waals surface area contributed by atoms with Crippen LogP contribution in [0.15, 0.2) is 0 Å². The lowest BCUT2D eigenvalue weighted by Crippen LogP contribution is -2.57. The average Bonchev–Trinajstić information content (AvgIpc) is 2.02. The normalized spacial score (nSPS) is 14.8. The van der Waals surface area contributed by atoms with Crippen molar-refractivity contribution in [1.82, 2.24) is 10.2 Å². The van der Waals surface area contributed by atoms with Crippen molar-refractivity contribution in [2.45, 2.75) is 19.4 Å². The molecule has 0 saturated heterocycles. The highest BCUT2D eigenvalue weighted by Crippen LogP contribution is 2.12. The molecular formula is C8H16N2O3. The Kier molecular flexibility index (Phi) is 3.87. The summed E-state index contributed by atoms with van der Waals surface area (Å²) in [5.41, 5.74) is -1.18. The van der Waals surface area contributed by atoms with Crippen LogP contribution in [0.5, 0.6) is 0 Å². The first-order valence-electron chi connectivity index (χ1n) is 3.98. The van der Waals surface area contributed by atoms with Gasteiger partial charge in [-0.1, -0.05) is 0 Å². The van der Waals surface area contributed by atoms with Gasteiger partial charge in [-0.15, -0.1) is 0 Å². The fraction of sp³-hybridized carbons (Fsp3) is 0.750. The van der Waals surface area contributed by atoms with Crippen LogP contribution < -0.4 is 5.32 Å². The number of likely N-dealkylation sites (N-methyl/N-ethyl adjacent to an activating group) is 2. The van der Waals surface area contributed by atoms with Crippen LogP contribution in [0.25, 0.3) is 0 Å². The largest absolute Gasteiger partial charge is 0.479 e. The van der Waals surface area contributed by atoms with Gasteiger partial charge in [0.2, 0.25) is 5.91 Å². The van der Waals surface area contributed by atoms with Crippen LogP contribution in [-0.2, 0) is 9.59 Å². The molecule has 0 spiro atoms. The van der Waals surface area contributed by atoms with Crippen LogP contribution in [0.3, 0.4) is 0 Å². The fourth-order valence-electron chi connectivity index (χ4n) is 1.03. The van der Waals surface area contributed by atoms with Crippen LogP contribution in [0.4, 0.5) is 0 Å². The zero-order valence-electron chi connectivity index (χ0n) is 8.42. The minimum absolute atomic E-state index is 0.221. The van der Waals surface area contributed by atoms with Crippen molar-refractivity contribution in [2.24, 2.45) is 0 Å². The maximum atomic E-state index is 11.0. The fourth-order valence-corrected chi connectivity index (χ4v) is 1.03. The van der Waals surface area contributed by atoms with Crippen molar-refractivity contribution >= 4 is 11.9 Å². The Labute approximate surface area is 77.7 Å². The molecule has 2 N–H and O–H groups in total. The number of carboxylic acid groups (broad SMARTS) is 1. The summed E-state index contributed by atoms with van der Waals surface area (Å²) < 4.78 is 0. The van der Waals surface area contributed by atoms with Gasteiger partial charge in [-0.2, -0.15) is 0 Å². The summed E-state index contributed by atoms with van der Waals surface area (Å²) in [6.07, 6.45) is 0. The van der Waals surface area contributed by atoms with Gasteiger partial charge < -0.3 is 15.3 Å². The molecule has 0 radical (unpaired) electrons. The molecule has 13 heavy (non-hydrogen) atoms. The highest BCUT2D eigenvalue weighted by Gasteiger charge is 2.38. The Bertz CT molecular complexity index is 217. The SMILES string of the molecule is CNC[C@@](C)(C(=O)O)N(C)C(C)=O. The number of rotatable bonds is 4. The molecule has 0 aliphatic rings. The van der Waals surface area contributed by atoms with E-state index in [1.807, 2.05) is 0 Å². The summed E-state index contributed by atoms with van der Waals surface area (Å²) in [6, 6.07) is 0. The maximum Gasteiger partial charge on any atom is 0.330 e. The van der Waals surface area contributed by atoms with Crippen LogP contribution in [0.1, 0.15) is 13.8 Å². The van der Waals surface area contributed by atoms with E-state index in [-0.39, 0.29) is 12.5 Å². The topological polar surface area (TPSA) is 69.6 Å². The zero-order valence-corrected chi connectivity index (χ0v) is 8.42. The molecule has 0 aliphatic heterocycles. The zero-order chi connectivity index (χ0) is 10.6. The third kappa shape index (κ3) is 2.42. The van der Waals surface area contributed by atoms with Gasteiger partial charge in [0, 0.05) is 20.5 Å². The Hall–Kier alpha value is -1.10. The summed E-state index contributed by atoms with van der Waals surface area (Å²) in [6.45, 7) is 3.07. The molecule has 5 nitrogen and oxygen atoms in total. The third-order valence-corrected chi connectivity index (χ3v) is 2.19. The molecule has 0 aromatic rings. The van der Waals surface area contributed by atoms with Crippen molar-refractivity contribution in [3.8, 4) is 0 Å². The number of hydrogen-bond acceptors (Lipinski definition) is 3. The molecule has 0 saturated carbocycles. The Balaban J connectivity index is 4.77. The first-order chi connectivity index (χ1) is 5.86. The summed E-state index contributed by atoms with van der Waals surface area (Å²) in [5.74, 6) is -1.28. The number of amides is 1.